The normalized spacial score (nSPS) is 7.80. The summed E-state index contributed by atoms with van der Waals surface area (Å²) in [5.41, 5.74) is 1.13. The molecule has 0 heterocycles. The average molecular weight is 377 g/mol. The monoisotopic (exact) mass is 377 g/mol. The van der Waals surface area contributed by atoms with Crippen molar-refractivity contribution in [1.82, 2.24) is 4.90 Å². The molecule has 0 amide bonds. The van der Waals surface area contributed by atoms with Gasteiger partial charge in [0.1, 0.15) is 0 Å². The first kappa shape index (κ1) is 20.1. The predicted molar refractivity (Wildman–Crippen MR) is 65.7 cm³/mol. The Balaban J connectivity index is -0.000000213. The van der Waals surface area contributed by atoms with Crippen molar-refractivity contribution in [3.8, 4) is 0 Å². The average Bonchev–Trinajstić information content (AvgIpc) is 2.06. The van der Waals surface area contributed by atoms with Gasteiger partial charge in [-0.2, -0.15) is 0 Å². The molecule has 0 atom stereocenters. The Morgan fingerprint density at radius 1 is 1.20 bits per heavy atom. The maximum atomic E-state index is 3.67. The van der Waals surface area contributed by atoms with Gasteiger partial charge in [-0.1, -0.05) is 18.2 Å². The first-order valence-electron chi connectivity index (χ1n) is 4.22. The van der Waals surface area contributed by atoms with Crippen LogP contribution in [0, 0.1) is 21.4 Å². The summed E-state index contributed by atoms with van der Waals surface area (Å²) in [6.45, 7) is 4.41. The van der Waals surface area contributed by atoms with E-state index >= 15 is 0 Å². The van der Waals surface area contributed by atoms with Crippen LogP contribution in [0.3, 0.4) is 0 Å². The molecule has 2 nitrogen and oxygen atoms in total. The van der Waals surface area contributed by atoms with Gasteiger partial charge in [-0.05, 0) is 26.2 Å². The van der Waals surface area contributed by atoms with Crippen LogP contribution in [-0.2, 0) is 21.1 Å². The molecule has 1 aromatic rings. The van der Waals surface area contributed by atoms with Gasteiger partial charge in [-0.25, -0.2) is 0 Å². The zero-order valence-corrected chi connectivity index (χ0v) is 12.8. The Hall–Kier alpha value is -0.332. The maximum Gasteiger partial charge on any atom is 0.0315 e. The zero-order valence-electron chi connectivity index (χ0n) is 9.86. The number of benzene rings is 1. The van der Waals surface area contributed by atoms with Crippen LogP contribution in [0.2, 0.25) is 0 Å². The summed E-state index contributed by atoms with van der Waals surface area (Å²) >= 11 is 0. The second-order valence-electron chi connectivity index (χ2n) is 2.87. The second-order valence-corrected chi connectivity index (χ2v) is 2.87. The molecule has 0 bridgehead atoms. The van der Waals surface area contributed by atoms with Crippen molar-refractivity contribution in [3.63, 3.8) is 0 Å². The quantitative estimate of drug-likeness (QED) is 0.798. The first-order valence-corrected chi connectivity index (χ1v) is 4.22. The van der Waals surface area contributed by atoms with Crippen LogP contribution in [0.25, 0.3) is 0 Å². The van der Waals surface area contributed by atoms with E-state index in [1.807, 2.05) is 44.4 Å². The maximum absolute atomic E-state index is 3.67. The molecule has 88 valence electrons. The molecule has 0 aliphatic carbocycles. The van der Waals surface area contributed by atoms with E-state index in [-0.39, 0.29) is 28.5 Å². The summed E-state index contributed by atoms with van der Waals surface area (Å²) < 4.78 is 0. The molecule has 1 aromatic carbocycles. The molecule has 1 N–H and O–H groups in total. The molecule has 15 heavy (non-hydrogen) atoms. The Bertz CT molecular complexity index is 197. The van der Waals surface area contributed by atoms with E-state index in [9.17, 15) is 0 Å². The number of anilines is 1. The topological polar surface area (TPSA) is 15.3 Å². The molecule has 0 aliphatic heterocycles. The van der Waals surface area contributed by atoms with Gasteiger partial charge in [0.15, 0.2) is 0 Å². The van der Waals surface area contributed by atoms with Crippen molar-refractivity contribution in [1.29, 1.82) is 0 Å². The summed E-state index contributed by atoms with van der Waals surface area (Å²) in [4.78, 5) is 1.75. The zero-order chi connectivity index (χ0) is 10.1. The number of hydrogen-bond acceptors (Lipinski definition) is 2. The molecule has 0 aliphatic rings. The number of nitrogens with one attached hydrogen (secondary N) is 1. The first-order chi connectivity index (χ1) is 6.16. The van der Waals surface area contributed by atoms with E-state index in [4.69, 9.17) is 0 Å². The third kappa shape index (κ3) is 16.4. The molecule has 0 aromatic heterocycles. The van der Waals surface area contributed by atoms with Crippen LogP contribution in [0.4, 0.5) is 5.69 Å². The Morgan fingerprint density at radius 3 is 1.93 bits per heavy atom. The van der Waals surface area contributed by atoms with Crippen molar-refractivity contribution in [2.24, 2.45) is 0 Å². The number of nitrogens with zero attached hydrogens (tertiary/aromatic N) is 1. The SMILES string of the molecule is [CH2-]CNc1ccccc1.[CH2-]N(C)C.[CH3-].[W]. The Kier molecular flexibility index (Phi) is 18.3. The minimum absolute atomic E-state index is 0. The largest absolute Gasteiger partial charge is 0.464 e. The molecule has 0 saturated carbocycles. The van der Waals surface area contributed by atoms with Gasteiger partial charge >= 0.3 is 0 Å². The molecule has 0 fully saturated rings. The summed E-state index contributed by atoms with van der Waals surface area (Å²) in [7, 11) is 7.25. The molecule has 0 saturated heterocycles. The van der Waals surface area contributed by atoms with E-state index < -0.39 is 0 Å². The van der Waals surface area contributed by atoms with Crippen LogP contribution < -0.4 is 5.32 Å². The summed E-state index contributed by atoms with van der Waals surface area (Å²) in [5.74, 6) is 0. The van der Waals surface area contributed by atoms with E-state index in [0.29, 0.717) is 0 Å². The molecule has 1 rings (SSSR count). The van der Waals surface area contributed by atoms with Gasteiger partial charge in [0, 0.05) is 26.8 Å². The van der Waals surface area contributed by atoms with Crippen LogP contribution in [-0.4, -0.2) is 25.5 Å². The Labute approximate surface area is 109 Å². The van der Waals surface area contributed by atoms with Crippen LogP contribution in [0.15, 0.2) is 30.3 Å². The van der Waals surface area contributed by atoms with Gasteiger partial charge < -0.3 is 24.6 Å². The van der Waals surface area contributed by atoms with Crippen LogP contribution in [0.1, 0.15) is 0 Å². The summed E-state index contributed by atoms with van der Waals surface area (Å²) in [5, 5.41) is 3.10. The van der Waals surface area contributed by atoms with Crippen molar-refractivity contribution in [3.05, 3.63) is 51.7 Å². The van der Waals surface area contributed by atoms with Gasteiger partial charge in [-0.15, -0.1) is 6.54 Å². The van der Waals surface area contributed by atoms with Crippen molar-refractivity contribution in [2.75, 3.05) is 26.0 Å². The van der Waals surface area contributed by atoms with Gasteiger partial charge in [0.05, 0.1) is 0 Å². The fourth-order valence-corrected chi connectivity index (χ4v) is 0.700. The molecule has 0 unspecified atom stereocenters. The van der Waals surface area contributed by atoms with Gasteiger partial charge in [0.2, 0.25) is 0 Å². The molecular formula is C12H21N2W-3. The van der Waals surface area contributed by atoms with E-state index in [1.54, 1.807) is 4.90 Å². The number of para-hydroxylation sites is 1. The van der Waals surface area contributed by atoms with E-state index in [1.165, 1.54) is 0 Å². The van der Waals surface area contributed by atoms with Crippen molar-refractivity contribution < 1.29 is 21.1 Å². The fourth-order valence-electron chi connectivity index (χ4n) is 0.700. The molecule has 0 spiro atoms. The number of rotatable bonds is 2. The van der Waals surface area contributed by atoms with Crippen molar-refractivity contribution in [2.45, 2.75) is 0 Å². The van der Waals surface area contributed by atoms with Crippen LogP contribution >= 0.6 is 0 Å². The number of hydrogen-bond donors (Lipinski definition) is 1. The van der Waals surface area contributed by atoms with Crippen LogP contribution in [0.5, 0.6) is 0 Å². The van der Waals surface area contributed by atoms with Gasteiger partial charge in [-0.3, -0.25) is 7.05 Å². The summed E-state index contributed by atoms with van der Waals surface area (Å²) in [6, 6.07) is 10.0. The van der Waals surface area contributed by atoms with E-state index in [2.05, 4.69) is 19.3 Å². The minimum Gasteiger partial charge on any atom is -0.464 e. The molecule has 3 heteroatoms. The Morgan fingerprint density at radius 2 is 1.60 bits per heavy atom. The van der Waals surface area contributed by atoms with E-state index in [0.717, 1.165) is 12.2 Å². The fraction of sp³-hybridized carbons (Fsp3) is 0.250. The molecule has 0 radical (unpaired) electrons. The second kappa shape index (κ2) is 13.7. The van der Waals surface area contributed by atoms with Gasteiger partial charge in [0.25, 0.3) is 0 Å². The third-order valence-corrected chi connectivity index (χ3v) is 1.10. The summed E-state index contributed by atoms with van der Waals surface area (Å²) in [6.07, 6.45) is 0. The van der Waals surface area contributed by atoms with Crippen molar-refractivity contribution >= 4 is 5.69 Å². The minimum atomic E-state index is 0. The predicted octanol–water partition coefficient (Wildman–Crippen LogP) is 2.72. The smallest absolute Gasteiger partial charge is 0.0315 e. The molecular weight excluding hydrogens is 356 g/mol. The third-order valence-electron chi connectivity index (χ3n) is 1.10. The standard InChI is InChI=1S/C8H10N.C3H8N.CH3.W/c1-2-9-8-6-4-3-5-7-8;1-4(2)3;;/h3-7,9H,1-2H2;1H2,2-3H3;1H3;/q3*-1;.